The van der Waals surface area contributed by atoms with Crippen molar-refractivity contribution in [1.29, 1.82) is 0 Å². The molecule has 0 spiro atoms. The highest BCUT2D eigenvalue weighted by Crippen LogP contribution is 2.22. The molecule has 7 heteroatoms. The average molecular weight is 294 g/mol. The predicted octanol–water partition coefficient (Wildman–Crippen LogP) is 2.20. The molecule has 0 atom stereocenters. The Kier molecular flexibility index (Phi) is 4.70. The van der Waals surface area contributed by atoms with E-state index in [9.17, 15) is 17.6 Å². The van der Waals surface area contributed by atoms with Crippen molar-refractivity contribution in [3.8, 4) is 0 Å². The topological polar surface area (TPSA) is 63.2 Å². The Bertz CT molecular complexity index is 572. The number of hydrogen-bond acceptors (Lipinski definition) is 3. The van der Waals surface area contributed by atoms with Gasteiger partial charge in [0.15, 0.2) is 0 Å². The first kappa shape index (κ1) is 14.9. The summed E-state index contributed by atoms with van der Waals surface area (Å²) < 4.78 is 36.1. The van der Waals surface area contributed by atoms with Gasteiger partial charge in [-0.3, -0.25) is 4.79 Å². The molecule has 1 aromatic rings. The molecule has 0 saturated carbocycles. The smallest absolute Gasteiger partial charge is 0.261 e. The predicted molar refractivity (Wildman–Crippen MR) is 66.8 cm³/mol. The summed E-state index contributed by atoms with van der Waals surface area (Å²) in [6.45, 7) is 3.61. The van der Waals surface area contributed by atoms with E-state index in [4.69, 9.17) is 10.7 Å². The van der Waals surface area contributed by atoms with Gasteiger partial charge in [-0.2, -0.15) is 0 Å². The minimum Gasteiger partial charge on any atom is -0.352 e. The van der Waals surface area contributed by atoms with Crippen LogP contribution < -0.4 is 5.32 Å². The van der Waals surface area contributed by atoms with E-state index in [0.717, 1.165) is 12.1 Å². The Hall–Kier alpha value is -1.14. The van der Waals surface area contributed by atoms with E-state index in [1.54, 1.807) is 0 Å². The number of carbonyl (C=O) groups excluding carboxylic acids is 1. The highest BCUT2D eigenvalue weighted by molar-refractivity contribution is 8.13. The second kappa shape index (κ2) is 5.67. The van der Waals surface area contributed by atoms with Crippen LogP contribution in [0.3, 0.4) is 0 Å². The van der Waals surface area contributed by atoms with E-state index in [0.29, 0.717) is 13.0 Å². The Morgan fingerprint density at radius 3 is 2.56 bits per heavy atom. The van der Waals surface area contributed by atoms with Crippen molar-refractivity contribution in [2.75, 3.05) is 6.54 Å². The molecular weight excluding hydrogens is 281 g/mol. The van der Waals surface area contributed by atoms with Crippen molar-refractivity contribution in [2.45, 2.75) is 25.2 Å². The van der Waals surface area contributed by atoms with Gasteiger partial charge in [0, 0.05) is 17.2 Å². The molecule has 4 nitrogen and oxygen atoms in total. The fraction of sp³-hybridized carbons (Fsp3) is 0.364. The lowest BCUT2D eigenvalue weighted by molar-refractivity contribution is 0.0949. The summed E-state index contributed by atoms with van der Waals surface area (Å²) in [4.78, 5) is 11.4. The molecule has 0 aliphatic rings. The number of aryl methyl sites for hydroxylation is 1. The van der Waals surface area contributed by atoms with Crippen LogP contribution in [0.4, 0.5) is 4.39 Å². The summed E-state index contributed by atoms with van der Waals surface area (Å²) in [6, 6.07) is 2.03. The molecule has 1 amide bonds. The van der Waals surface area contributed by atoms with Crippen molar-refractivity contribution in [1.82, 2.24) is 5.32 Å². The first-order chi connectivity index (χ1) is 8.27. The lowest BCUT2D eigenvalue weighted by Gasteiger charge is -2.08. The van der Waals surface area contributed by atoms with Gasteiger partial charge in [-0.15, -0.1) is 0 Å². The minimum atomic E-state index is -3.99. The second-order valence-corrected chi connectivity index (χ2v) is 6.36. The molecule has 1 aromatic carbocycles. The molecule has 0 aliphatic carbocycles. The third-order valence-corrected chi connectivity index (χ3v) is 3.62. The molecule has 1 rings (SSSR count). The van der Waals surface area contributed by atoms with Crippen LogP contribution in [0.5, 0.6) is 0 Å². The molecule has 0 aliphatic heterocycles. The fourth-order valence-corrected chi connectivity index (χ4v) is 2.22. The van der Waals surface area contributed by atoms with Crippen molar-refractivity contribution in [3.63, 3.8) is 0 Å². The molecule has 0 radical (unpaired) electrons. The summed E-state index contributed by atoms with van der Waals surface area (Å²) in [5.41, 5.74) is -0.263. The number of amides is 1. The third-order valence-electron chi connectivity index (χ3n) is 2.29. The van der Waals surface area contributed by atoms with Crippen LogP contribution in [-0.2, 0) is 9.05 Å². The van der Waals surface area contributed by atoms with Gasteiger partial charge in [0.25, 0.3) is 15.0 Å². The Balaban J connectivity index is 3.27. The molecule has 0 saturated heterocycles. The quantitative estimate of drug-likeness (QED) is 0.866. The summed E-state index contributed by atoms with van der Waals surface area (Å²) in [5.74, 6) is -1.40. The molecule has 0 aromatic heterocycles. The van der Waals surface area contributed by atoms with Crippen molar-refractivity contribution < 1.29 is 17.6 Å². The standard InChI is InChI=1S/C11H13ClFNO3S/c1-3-4-14-11(15)9-6-8(18(12,16)17)5-7(2)10(9)13/h5-6H,3-4H2,1-2H3,(H,14,15). The number of halogens is 2. The van der Waals surface area contributed by atoms with Crippen LogP contribution in [0, 0.1) is 12.7 Å². The molecule has 1 N–H and O–H groups in total. The number of benzene rings is 1. The number of hydrogen-bond donors (Lipinski definition) is 1. The zero-order valence-corrected chi connectivity index (χ0v) is 11.5. The van der Waals surface area contributed by atoms with Gasteiger partial charge >= 0.3 is 0 Å². The van der Waals surface area contributed by atoms with Gasteiger partial charge in [-0.25, -0.2) is 12.8 Å². The number of carbonyl (C=O) groups is 1. The summed E-state index contributed by atoms with van der Waals surface area (Å²) >= 11 is 0. The van der Waals surface area contributed by atoms with Crippen LogP contribution in [-0.4, -0.2) is 20.9 Å². The maximum absolute atomic E-state index is 13.7. The van der Waals surface area contributed by atoms with E-state index in [1.165, 1.54) is 6.92 Å². The van der Waals surface area contributed by atoms with Crippen LogP contribution in [0.2, 0.25) is 0 Å². The van der Waals surface area contributed by atoms with Crippen LogP contribution in [0.1, 0.15) is 29.3 Å². The summed E-state index contributed by atoms with van der Waals surface area (Å²) in [5, 5.41) is 2.48. The summed E-state index contributed by atoms with van der Waals surface area (Å²) in [7, 11) is 1.19. The van der Waals surface area contributed by atoms with E-state index in [2.05, 4.69) is 5.32 Å². The highest BCUT2D eigenvalue weighted by Gasteiger charge is 2.19. The lowest BCUT2D eigenvalue weighted by Crippen LogP contribution is -2.25. The molecule has 18 heavy (non-hydrogen) atoms. The van der Waals surface area contributed by atoms with Crippen molar-refractivity contribution in [2.24, 2.45) is 0 Å². The van der Waals surface area contributed by atoms with Gasteiger partial charge in [0.05, 0.1) is 10.5 Å². The van der Waals surface area contributed by atoms with Crippen molar-refractivity contribution in [3.05, 3.63) is 29.1 Å². The minimum absolute atomic E-state index is 0.0540. The fourth-order valence-electron chi connectivity index (χ4n) is 1.38. The Morgan fingerprint density at radius 1 is 1.44 bits per heavy atom. The highest BCUT2D eigenvalue weighted by atomic mass is 35.7. The first-order valence-corrected chi connectivity index (χ1v) is 7.61. The molecule has 0 fully saturated rings. The molecular formula is C11H13ClFNO3S. The van der Waals surface area contributed by atoms with Crippen molar-refractivity contribution >= 4 is 25.6 Å². The number of nitrogens with one attached hydrogen (secondary N) is 1. The van der Waals surface area contributed by atoms with E-state index >= 15 is 0 Å². The van der Waals surface area contributed by atoms with E-state index in [-0.39, 0.29) is 16.0 Å². The largest absolute Gasteiger partial charge is 0.352 e. The zero-order chi connectivity index (χ0) is 13.9. The van der Waals surface area contributed by atoms with Gasteiger partial charge in [-0.1, -0.05) is 6.92 Å². The van der Waals surface area contributed by atoms with Gasteiger partial charge in [-0.05, 0) is 31.0 Å². The van der Waals surface area contributed by atoms with E-state index < -0.39 is 20.8 Å². The maximum Gasteiger partial charge on any atom is 0.261 e. The van der Waals surface area contributed by atoms with Crippen LogP contribution in [0.15, 0.2) is 17.0 Å². The third kappa shape index (κ3) is 3.43. The number of rotatable bonds is 4. The normalized spacial score (nSPS) is 11.3. The van der Waals surface area contributed by atoms with Gasteiger partial charge in [0.1, 0.15) is 5.82 Å². The monoisotopic (exact) mass is 293 g/mol. The van der Waals surface area contributed by atoms with Gasteiger partial charge in [0.2, 0.25) is 0 Å². The average Bonchev–Trinajstić information content (AvgIpc) is 2.27. The van der Waals surface area contributed by atoms with E-state index in [1.807, 2.05) is 6.92 Å². The summed E-state index contributed by atoms with van der Waals surface area (Å²) in [6.07, 6.45) is 0.694. The SMILES string of the molecule is CCCNC(=O)c1cc(S(=O)(=O)Cl)cc(C)c1F. The second-order valence-electron chi connectivity index (χ2n) is 3.80. The maximum atomic E-state index is 13.7. The van der Waals surface area contributed by atoms with Crippen LogP contribution >= 0.6 is 10.7 Å². The van der Waals surface area contributed by atoms with Crippen LogP contribution in [0.25, 0.3) is 0 Å². The zero-order valence-electron chi connectivity index (χ0n) is 9.96. The lowest BCUT2D eigenvalue weighted by atomic mass is 10.1. The molecule has 0 bridgehead atoms. The first-order valence-electron chi connectivity index (χ1n) is 5.30. The van der Waals surface area contributed by atoms with Gasteiger partial charge < -0.3 is 5.32 Å². The Labute approximate surface area is 110 Å². The Morgan fingerprint density at radius 2 is 2.06 bits per heavy atom. The molecule has 0 unspecified atom stereocenters. The molecule has 0 heterocycles. The molecule has 100 valence electrons.